The summed E-state index contributed by atoms with van der Waals surface area (Å²) in [6, 6.07) is -0.376. The van der Waals surface area contributed by atoms with E-state index in [2.05, 4.69) is 9.98 Å². The Morgan fingerprint density at radius 2 is 1.45 bits per heavy atom. The van der Waals surface area contributed by atoms with Gasteiger partial charge in [-0.05, 0) is 27.7 Å². The van der Waals surface area contributed by atoms with Crippen LogP contribution in [-0.2, 0) is 0 Å². The number of carbonyl (C=O) groups excluding carboxylic acids is 1. The highest BCUT2D eigenvalue weighted by molar-refractivity contribution is 6.18. The van der Waals surface area contributed by atoms with Gasteiger partial charge in [0.25, 0.3) is 0 Å². The van der Waals surface area contributed by atoms with Gasteiger partial charge in [0.05, 0.1) is 0 Å². The van der Waals surface area contributed by atoms with Crippen molar-refractivity contribution in [2.45, 2.75) is 27.7 Å². The van der Waals surface area contributed by atoms with Crippen LogP contribution >= 0.6 is 0 Å². The Balaban J connectivity index is 3.11. The molecule has 1 heterocycles. The van der Waals surface area contributed by atoms with Crippen LogP contribution in [0, 0.1) is 5.41 Å². The molecule has 0 saturated carbocycles. The molecule has 1 rings (SSSR count). The smallest absolute Gasteiger partial charge is 0.244 e. The van der Waals surface area contributed by atoms with Gasteiger partial charge in [0, 0.05) is 16.8 Å². The minimum atomic E-state index is -0.376. The summed E-state index contributed by atoms with van der Waals surface area (Å²) in [5, 5.41) is 0. The summed E-state index contributed by atoms with van der Waals surface area (Å²) in [6.45, 7) is 7.74. The van der Waals surface area contributed by atoms with Gasteiger partial charge in [-0.3, -0.25) is 0 Å². The summed E-state index contributed by atoms with van der Waals surface area (Å²) in [5.74, 6) is 0. The predicted molar refractivity (Wildman–Crippen MR) is 45.4 cm³/mol. The summed E-state index contributed by atoms with van der Waals surface area (Å²) in [7, 11) is 0. The number of amides is 2. The topological polar surface area (TPSA) is 41.8 Å². The standard InChI is InChI=1S/C8H12N2O/c1-5-8(3,4)6(2)10-7(11)9-5/h1-4H3. The number of urea groups is 1. The van der Waals surface area contributed by atoms with Gasteiger partial charge in [-0.15, -0.1) is 0 Å². The van der Waals surface area contributed by atoms with Crippen LogP contribution in [0.4, 0.5) is 4.79 Å². The molecule has 1 aliphatic rings. The first-order valence-electron chi connectivity index (χ1n) is 3.60. The molecule has 3 nitrogen and oxygen atoms in total. The molecule has 0 aromatic rings. The Hall–Kier alpha value is -0.990. The zero-order valence-electron chi connectivity index (χ0n) is 7.30. The Morgan fingerprint density at radius 1 is 1.09 bits per heavy atom. The lowest BCUT2D eigenvalue weighted by Gasteiger charge is -2.26. The predicted octanol–water partition coefficient (Wildman–Crippen LogP) is 2.07. The molecule has 0 bridgehead atoms. The van der Waals surface area contributed by atoms with Crippen LogP contribution in [0.3, 0.4) is 0 Å². The quantitative estimate of drug-likeness (QED) is 0.524. The maximum absolute atomic E-state index is 10.8. The average Bonchev–Trinajstić information content (AvgIpc) is 1.84. The van der Waals surface area contributed by atoms with Gasteiger partial charge >= 0.3 is 6.03 Å². The monoisotopic (exact) mass is 152 g/mol. The van der Waals surface area contributed by atoms with E-state index in [1.54, 1.807) is 0 Å². The second-order valence-corrected chi connectivity index (χ2v) is 3.30. The second kappa shape index (κ2) is 2.26. The third-order valence-electron chi connectivity index (χ3n) is 2.34. The van der Waals surface area contributed by atoms with Crippen molar-refractivity contribution in [3.63, 3.8) is 0 Å². The number of nitrogens with zero attached hydrogens (tertiary/aromatic N) is 2. The maximum atomic E-state index is 10.8. The fraction of sp³-hybridized carbons (Fsp3) is 0.625. The molecule has 0 saturated heterocycles. The number of aliphatic imine (C=N–C) groups is 2. The van der Waals surface area contributed by atoms with E-state index in [4.69, 9.17) is 0 Å². The molecule has 11 heavy (non-hydrogen) atoms. The maximum Gasteiger partial charge on any atom is 0.366 e. The van der Waals surface area contributed by atoms with Gasteiger partial charge in [0.1, 0.15) is 0 Å². The minimum absolute atomic E-state index is 0.145. The number of rotatable bonds is 0. The Kier molecular flexibility index (Phi) is 1.66. The lowest BCUT2D eigenvalue weighted by Crippen LogP contribution is -2.33. The molecule has 0 aliphatic carbocycles. The first-order valence-corrected chi connectivity index (χ1v) is 3.60. The van der Waals surface area contributed by atoms with Crippen molar-refractivity contribution in [2.75, 3.05) is 0 Å². The fourth-order valence-electron chi connectivity index (χ4n) is 0.853. The molecular formula is C8H12N2O. The summed E-state index contributed by atoms with van der Waals surface area (Å²) >= 11 is 0. The van der Waals surface area contributed by atoms with Crippen LogP contribution in [0.5, 0.6) is 0 Å². The molecule has 0 unspecified atom stereocenters. The number of hydrogen-bond donors (Lipinski definition) is 0. The first-order chi connectivity index (χ1) is 4.94. The van der Waals surface area contributed by atoms with Gasteiger partial charge in [0.15, 0.2) is 0 Å². The van der Waals surface area contributed by atoms with E-state index in [9.17, 15) is 4.79 Å². The highest BCUT2D eigenvalue weighted by Crippen LogP contribution is 2.23. The van der Waals surface area contributed by atoms with Crippen molar-refractivity contribution >= 4 is 17.5 Å². The van der Waals surface area contributed by atoms with Crippen LogP contribution in [0.15, 0.2) is 9.98 Å². The molecule has 0 N–H and O–H groups in total. The van der Waals surface area contributed by atoms with Gasteiger partial charge in [-0.25, -0.2) is 14.8 Å². The molecular weight excluding hydrogens is 140 g/mol. The summed E-state index contributed by atoms with van der Waals surface area (Å²) in [6.07, 6.45) is 0. The summed E-state index contributed by atoms with van der Waals surface area (Å²) < 4.78 is 0. The van der Waals surface area contributed by atoms with Crippen LogP contribution in [0.1, 0.15) is 27.7 Å². The SMILES string of the molecule is CC1=NC(=O)N=C(C)C1(C)C. The molecule has 1 aliphatic heterocycles. The molecule has 0 atom stereocenters. The van der Waals surface area contributed by atoms with Crippen molar-refractivity contribution in [3.8, 4) is 0 Å². The molecule has 0 fully saturated rings. The molecule has 3 heteroatoms. The van der Waals surface area contributed by atoms with Crippen LogP contribution in [0.25, 0.3) is 0 Å². The third-order valence-corrected chi connectivity index (χ3v) is 2.34. The number of carbonyl (C=O) groups is 1. The van der Waals surface area contributed by atoms with E-state index in [0.29, 0.717) is 0 Å². The number of hydrogen-bond acceptors (Lipinski definition) is 1. The van der Waals surface area contributed by atoms with Gasteiger partial charge in [-0.1, -0.05) is 0 Å². The normalized spacial score (nSPS) is 22.7. The van der Waals surface area contributed by atoms with Crippen LogP contribution < -0.4 is 0 Å². The Morgan fingerprint density at radius 3 is 1.82 bits per heavy atom. The third kappa shape index (κ3) is 1.23. The highest BCUT2D eigenvalue weighted by Gasteiger charge is 2.29. The van der Waals surface area contributed by atoms with Gasteiger partial charge in [0.2, 0.25) is 0 Å². The lowest BCUT2D eigenvalue weighted by molar-refractivity contribution is 0.256. The zero-order valence-corrected chi connectivity index (χ0v) is 7.30. The van der Waals surface area contributed by atoms with Crippen molar-refractivity contribution in [3.05, 3.63) is 0 Å². The summed E-state index contributed by atoms with van der Waals surface area (Å²) in [4.78, 5) is 18.3. The lowest BCUT2D eigenvalue weighted by atomic mass is 9.83. The fourth-order valence-corrected chi connectivity index (χ4v) is 0.853. The zero-order chi connectivity index (χ0) is 8.65. The minimum Gasteiger partial charge on any atom is -0.244 e. The van der Waals surface area contributed by atoms with Gasteiger partial charge < -0.3 is 0 Å². The van der Waals surface area contributed by atoms with Crippen LogP contribution in [-0.4, -0.2) is 17.5 Å². The van der Waals surface area contributed by atoms with Crippen molar-refractivity contribution in [1.82, 2.24) is 0 Å². The molecule has 0 radical (unpaired) electrons. The van der Waals surface area contributed by atoms with E-state index >= 15 is 0 Å². The first kappa shape index (κ1) is 8.11. The van der Waals surface area contributed by atoms with E-state index in [0.717, 1.165) is 11.4 Å². The average molecular weight is 152 g/mol. The van der Waals surface area contributed by atoms with E-state index in [1.807, 2.05) is 27.7 Å². The van der Waals surface area contributed by atoms with E-state index < -0.39 is 0 Å². The largest absolute Gasteiger partial charge is 0.366 e. The van der Waals surface area contributed by atoms with E-state index in [-0.39, 0.29) is 11.4 Å². The van der Waals surface area contributed by atoms with Gasteiger partial charge in [-0.2, -0.15) is 0 Å². The summed E-state index contributed by atoms with van der Waals surface area (Å²) in [5.41, 5.74) is 1.54. The second-order valence-electron chi connectivity index (χ2n) is 3.30. The van der Waals surface area contributed by atoms with Crippen LogP contribution in [0.2, 0.25) is 0 Å². The van der Waals surface area contributed by atoms with E-state index in [1.165, 1.54) is 0 Å². The molecule has 2 amide bonds. The molecule has 60 valence electrons. The van der Waals surface area contributed by atoms with Crippen molar-refractivity contribution in [2.24, 2.45) is 15.4 Å². The molecule has 0 spiro atoms. The molecule has 0 aromatic heterocycles. The van der Waals surface area contributed by atoms with Crippen molar-refractivity contribution in [1.29, 1.82) is 0 Å². The molecule has 0 aromatic carbocycles. The Labute approximate surface area is 66.2 Å². The highest BCUT2D eigenvalue weighted by atomic mass is 16.2. The van der Waals surface area contributed by atoms with Crippen molar-refractivity contribution < 1.29 is 4.79 Å². The Bertz CT molecular complexity index is 237.